The topological polar surface area (TPSA) is 110 Å². The van der Waals surface area contributed by atoms with Crippen molar-refractivity contribution in [1.29, 1.82) is 0 Å². The number of aliphatic carboxylic acids is 1. The third-order valence-electron chi connectivity index (χ3n) is 1.84. The molecular formula is C9H16N2O5. The van der Waals surface area contributed by atoms with Crippen molar-refractivity contribution in [3.05, 3.63) is 0 Å². The smallest absolute Gasteiger partial charge is 0.332 e. The number of rotatable bonds is 6. The lowest BCUT2D eigenvalue weighted by Gasteiger charge is -2.19. The van der Waals surface area contributed by atoms with E-state index in [1.807, 2.05) is 0 Å². The van der Waals surface area contributed by atoms with Crippen molar-refractivity contribution in [2.24, 2.45) is 5.73 Å². The van der Waals surface area contributed by atoms with Gasteiger partial charge in [-0.2, -0.15) is 0 Å². The Hall–Kier alpha value is -1.63. The Labute approximate surface area is 93.2 Å². The van der Waals surface area contributed by atoms with Crippen LogP contribution < -0.4 is 5.73 Å². The third kappa shape index (κ3) is 4.74. The van der Waals surface area contributed by atoms with Gasteiger partial charge in [-0.1, -0.05) is 0 Å². The van der Waals surface area contributed by atoms with Crippen LogP contribution in [0.3, 0.4) is 0 Å². The van der Waals surface area contributed by atoms with Crippen LogP contribution in [0.25, 0.3) is 0 Å². The molecule has 0 bridgehead atoms. The first-order chi connectivity index (χ1) is 7.40. The lowest BCUT2D eigenvalue weighted by molar-refractivity contribution is -0.150. The number of nitrogens with zero attached hydrogens (tertiary/aromatic N) is 1. The van der Waals surface area contributed by atoms with E-state index in [0.717, 1.165) is 4.90 Å². The maximum Gasteiger partial charge on any atom is 0.332 e. The zero-order chi connectivity index (χ0) is 12.7. The summed E-state index contributed by atoms with van der Waals surface area (Å²) >= 11 is 0. The highest BCUT2D eigenvalue weighted by Gasteiger charge is 2.26. The van der Waals surface area contributed by atoms with Crippen LogP contribution >= 0.6 is 0 Å². The standard InChI is InChI=1S/C9H16N2O5/c1-3-16-9(15)7(10)8(14)11(2)5-4-6(12)13/h7H,3-5,10H2,1-2H3,(H,12,13). The van der Waals surface area contributed by atoms with Gasteiger partial charge >= 0.3 is 11.9 Å². The highest BCUT2D eigenvalue weighted by Crippen LogP contribution is 1.95. The number of ether oxygens (including phenoxy) is 1. The monoisotopic (exact) mass is 232 g/mol. The number of esters is 1. The summed E-state index contributed by atoms with van der Waals surface area (Å²) < 4.78 is 4.57. The summed E-state index contributed by atoms with van der Waals surface area (Å²) in [5.41, 5.74) is 5.34. The second kappa shape index (κ2) is 6.78. The number of carboxylic acid groups (broad SMARTS) is 1. The number of amides is 1. The Morgan fingerprint density at radius 3 is 2.44 bits per heavy atom. The first kappa shape index (κ1) is 14.4. The Balaban J connectivity index is 4.20. The zero-order valence-corrected chi connectivity index (χ0v) is 9.30. The molecule has 16 heavy (non-hydrogen) atoms. The summed E-state index contributed by atoms with van der Waals surface area (Å²) in [5, 5.41) is 8.42. The molecule has 1 unspecified atom stereocenters. The molecule has 0 aliphatic rings. The molecule has 7 heteroatoms. The van der Waals surface area contributed by atoms with E-state index in [0.29, 0.717) is 0 Å². The highest BCUT2D eigenvalue weighted by atomic mass is 16.5. The average Bonchev–Trinajstić information content (AvgIpc) is 2.23. The summed E-state index contributed by atoms with van der Waals surface area (Å²) in [7, 11) is 1.38. The van der Waals surface area contributed by atoms with E-state index in [4.69, 9.17) is 10.8 Å². The van der Waals surface area contributed by atoms with E-state index < -0.39 is 23.9 Å². The largest absolute Gasteiger partial charge is 0.481 e. The Bertz CT molecular complexity index is 279. The average molecular weight is 232 g/mol. The quantitative estimate of drug-likeness (QED) is 0.440. The fraction of sp³-hybridized carbons (Fsp3) is 0.667. The molecule has 0 saturated heterocycles. The van der Waals surface area contributed by atoms with Crippen LogP contribution in [0.5, 0.6) is 0 Å². The van der Waals surface area contributed by atoms with E-state index in [1.54, 1.807) is 6.92 Å². The SMILES string of the molecule is CCOC(=O)C(N)C(=O)N(C)CCC(=O)O. The Morgan fingerprint density at radius 1 is 1.44 bits per heavy atom. The maximum absolute atomic E-state index is 11.5. The summed E-state index contributed by atoms with van der Waals surface area (Å²) in [5.74, 6) is -2.49. The van der Waals surface area contributed by atoms with Crippen molar-refractivity contribution in [3.8, 4) is 0 Å². The zero-order valence-electron chi connectivity index (χ0n) is 9.30. The van der Waals surface area contributed by atoms with Crippen molar-refractivity contribution in [2.45, 2.75) is 19.4 Å². The molecule has 0 spiro atoms. The molecule has 3 N–H and O–H groups in total. The maximum atomic E-state index is 11.5. The Morgan fingerprint density at radius 2 is 2.00 bits per heavy atom. The molecule has 0 rings (SSSR count). The molecule has 7 nitrogen and oxygen atoms in total. The minimum absolute atomic E-state index is 0.00126. The predicted octanol–water partition coefficient (Wildman–Crippen LogP) is -1.19. The van der Waals surface area contributed by atoms with Gasteiger partial charge in [0.15, 0.2) is 6.04 Å². The normalized spacial score (nSPS) is 11.7. The van der Waals surface area contributed by atoms with E-state index >= 15 is 0 Å². The van der Waals surface area contributed by atoms with Crippen molar-refractivity contribution in [3.63, 3.8) is 0 Å². The van der Waals surface area contributed by atoms with Gasteiger partial charge in [0.2, 0.25) is 0 Å². The Kier molecular flexibility index (Phi) is 6.09. The van der Waals surface area contributed by atoms with Crippen molar-refractivity contribution in [1.82, 2.24) is 4.90 Å². The number of hydrogen-bond donors (Lipinski definition) is 2. The van der Waals surface area contributed by atoms with Gasteiger partial charge in [0, 0.05) is 13.6 Å². The first-order valence-electron chi connectivity index (χ1n) is 4.79. The number of carbonyl (C=O) groups excluding carboxylic acids is 2. The van der Waals surface area contributed by atoms with Crippen LogP contribution in [-0.4, -0.2) is 54.1 Å². The van der Waals surface area contributed by atoms with Crippen LogP contribution in [0.15, 0.2) is 0 Å². The third-order valence-corrected chi connectivity index (χ3v) is 1.84. The molecule has 92 valence electrons. The predicted molar refractivity (Wildman–Crippen MR) is 54.5 cm³/mol. The lowest BCUT2D eigenvalue weighted by atomic mass is 10.2. The van der Waals surface area contributed by atoms with E-state index in [-0.39, 0.29) is 19.6 Å². The van der Waals surface area contributed by atoms with Gasteiger partial charge in [-0.05, 0) is 6.92 Å². The van der Waals surface area contributed by atoms with Crippen molar-refractivity contribution >= 4 is 17.8 Å². The van der Waals surface area contributed by atoms with E-state index in [9.17, 15) is 14.4 Å². The van der Waals surface area contributed by atoms with Crippen molar-refractivity contribution < 1.29 is 24.2 Å². The molecule has 0 fully saturated rings. The molecule has 0 saturated carbocycles. The number of hydrogen-bond acceptors (Lipinski definition) is 5. The summed E-state index contributed by atoms with van der Waals surface area (Å²) in [4.78, 5) is 34.0. The molecule has 1 amide bonds. The summed E-state index contributed by atoms with van der Waals surface area (Å²) in [6, 6.07) is -1.39. The first-order valence-corrected chi connectivity index (χ1v) is 4.79. The highest BCUT2D eigenvalue weighted by molar-refractivity contribution is 6.01. The van der Waals surface area contributed by atoms with Gasteiger partial charge in [-0.25, -0.2) is 4.79 Å². The van der Waals surface area contributed by atoms with E-state index in [1.165, 1.54) is 7.05 Å². The molecule has 0 aliphatic carbocycles. The van der Waals surface area contributed by atoms with E-state index in [2.05, 4.69) is 4.74 Å². The summed E-state index contributed by atoms with van der Waals surface area (Å²) in [6.45, 7) is 1.74. The molecule has 0 aromatic heterocycles. The molecule has 0 aliphatic heterocycles. The number of carboxylic acids is 1. The fourth-order valence-corrected chi connectivity index (χ4v) is 0.944. The van der Waals surface area contributed by atoms with Crippen LogP contribution in [0, 0.1) is 0 Å². The van der Waals surface area contributed by atoms with Gasteiger partial charge in [0.25, 0.3) is 5.91 Å². The molecule has 0 radical (unpaired) electrons. The van der Waals surface area contributed by atoms with Crippen LogP contribution in [0.1, 0.15) is 13.3 Å². The van der Waals surface area contributed by atoms with Gasteiger partial charge in [-0.15, -0.1) is 0 Å². The second-order valence-corrected chi connectivity index (χ2v) is 3.13. The molecule has 0 aromatic rings. The van der Waals surface area contributed by atoms with Crippen LogP contribution in [0.4, 0.5) is 0 Å². The number of likely N-dealkylation sites (N-methyl/N-ethyl adjacent to an activating group) is 1. The van der Waals surface area contributed by atoms with Crippen LogP contribution in [-0.2, 0) is 19.1 Å². The molecule has 1 atom stereocenters. The lowest BCUT2D eigenvalue weighted by Crippen LogP contribution is -2.48. The molecular weight excluding hydrogens is 216 g/mol. The van der Waals surface area contributed by atoms with Gasteiger partial charge in [0.1, 0.15) is 0 Å². The van der Waals surface area contributed by atoms with Crippen LogP contribution in [0.2, 0.25) is 0 Å². The fourth-order valence-electron chi connectivity index (χ4n) is 0.944. The second-order valence-electron chi connectivity index (χ2n) is 3.13. The van der Waals surface area contributed by atoms with Crippen molar-refractivity contribution in [2.75, 3.05) is 20.2 Å². The molecule has 0 heterocycles. The van der Waals surface area contributed by atoms with Gasteiger partial charge in [-0.3, -0.25) is 9.59 Å². The minimum Gasteiger partial charge on any atom is -0.481 e. The number of carbonyl (C=O) groups is 3. The number of nitrogens with two attached hydrogens (primary N) is 1. The molecule has 0 aromatic carbocycles. The van der Waals surface area contributed by atoms with Gasteiger partial charge < -0.3 is 20.5 Å². The summed E-state index contributed by atoms with van der Waals surface area (Å²) in [6.07, 6.45) is -0.197. The van der Waals surface area contributed by atoms with Gasteiger partial charge in [0.05, 0.1) is 13.0 Å². The minimum atomic E-state index is -1.39.